The van der Waals surface area contributed by atoms with Gasteiger partial charge in [0.2, 0.25) is 0 Å². The van der Waals surface area contributed by atoms with Gasteiger partial charge in [-0.15, -0.1) is 0 Å². The van der Waals surface area contributed by atoms with E-state index in [9.17, 15) is 0 Å². The second kappa shape index (κ2) is 2.21. The van der Waals surface area contributed by atoms with Gasteiger partial charge in [-0.2, -0.15) is 0 Å². The van der Waals surface area contributed by atoms with E-state index in [-0.39, 0.29) is 0 Å². The molecular formula is C8H16N2. The Kier molecular flexibility index (Phi) is 1.46. The summed E-state index contributed by atoms with van der Waals surface area (Å²) < 4.78 is 0. The van der Waals surface area contributed by atoms with E-state index < -0.39 is 0 Å². The Balaban J connectivity index is 2.10. The fraction of sp³-hybridized carbons (Fsp3) is 1.00. The quantitative estimate of drug-likeness (QED) is 0.572. The van der Waals surface area contributed by atoms with Crippen molar-refractivity contribution >= 4 is 0 Å². The second-order valence-electron chi connectivity index (χ2n) is 3.70. The number of fused-ring (bicyclic) bond motifs is 2. The van der Waals surface area contributed by atoms with Crippen molar-refractivity contribution < 1.29 is 0 Å². The van der Waals surface area contributed by atoms with Crippen LogP contribution in [0.2, 0.25) is 0 Å². The van der Waals surface area contributed by atoms with E-state index in [2.05, 4.69) is 11.9 Å². The summed E-state index contributed by atoms with van der Waals surface area (Å²) >= 11 is 0. The minimum absolute atomic E-state index is 0.707. The first kappa shape index (κ1) is 6.62. The van der Waals surface area contributed by atoms with Crippen LogP contribution in [0.4, 0.5) is 0 Å². The van der Waals surface area contributed by atoms with Crippen LogP contribution in [0.1, 0.15) is 19.3 Å². The molecule has 1 heterocycles. The van der Waals surface area contributed by atoms with Gasteiger partial charge < -0.3 is 5.73 Å². The summed E-state index contributed by atoms with van der Waals surface area (Å²) in [5.41, 5.74) is 5.67. The molecule has 0 radical (unpaired) electrons. The molecule has 3 atom stereocenters. The third kappa shape index (κ3) is 0.722. The van der Waals surface area contributed by atoms with Crippen LogP contribution in [-0.4, -0.2) is 30.6 Å². The third-order valence-corrected chi connectivity index (χ3v) is 3.33. The first-order valence-corrected chi connectivity index (χ1v) is 4.25. The molecule has 10 heavy (non-hydrogen) atoms. The summed E-state index contributed by atoms with van der Waals surface area (Å²) in [5, 5.41) is 0. The monoisotopic (exact) mass is 140 g/mol. The largest absolute Gasteiger partial charge is 0.329 e. The van der Waals surface area contributed by atoms with E-state index in [1.165, 1.54) is 19.3 Å². The summed E-state index contributed by atoms with van der Waals surface area (Å²) in [5.74, 6) is 0.931. The molecule has 2 bridgehead atoms. The highest BCUT2D eigenvalue weighted by molar-refractivity contribution is 4.98. The van der Waals surface area contributed by atoms with Gasteiger partial charge in [-0.25, -0.2) is 0 Å². The maximum atomic E-state index is 5.67. The molecule has 1 saturated carbocycles. The fourth-order valence-corrected chi connectivity index (χ4v) is 2.67. The number of likely N-dealkylation sites (N-methyl/N-ethyl adjacent to an activating group) is 1. The van der Waals surface area contributed by atoms with Gasteiger partial charge in [0.25, 0.3) is 0 Å². The maximum Gasteiger partial charge on any atom is 0.0247 e. The van der Waals surface area contributed by atoms with E-state index in [1.807, 2.05) is 0 Å². The standard InChI is InChI=1S/C8H16N2/c1-10-7-3-2-6(4-7)8(10)5-9/h6-8H,2-5,9H2,1H3. The van der Waals surface area contributed by atoms with Gasteiger partial charge in [0, 0.05) is 18.6 Å². The van der Waals surface area contributed by atoms with Crippen LogP contribution in [0.25, 0.3) is 0 Å². The number of nitrogens with zero attached hydrogens (tertiary/aromatic N) is 1. The van der Waals surface area contributed by atoms with Gasteiger partial charge in [0.05, 0.1) is 0 Å². The summed E-state index contributed by atoms with van der Waals surface area (Å²) in [7, 11) is 2.22. The second-order valence-corrected chi connectivity index (χ2v) is 3.70. The number of piperidine rings is 1. The number of nitrogens with two attached hydrogens (primary N) is 1. The van der Waals surface area contributed by atoms with Gasteiger partial charge in [-0.3, -0.25) is 4.90 Å². The number of hydrogen-bond donors (Lipinski definition) is 1. The molecule has 2 rings (SSSR count). The Bertz CT molecular complexity index is 133. The predicted molar refractivity (Wildman–Crippen MR) is 41.7 cm³/mol. The minimum Gasteiger partial charge on any atom is -0.329 e. The van der Waals surface area contributed by atoms with Crippen LogP contribution in [0.15, 0.2) is 0 Å². The molecule has 1 aliphatic carbocycles. The average Bonchev–Trinajstić information content (AvgIpc) is 2.46. The fourth-order valence-electron chi connectivity index (χ4n) is 2.67. The summed E-state index contributed by atoms with van der Waals surface area (Å²) in [4.78, 5) is 2.48. The number of rotatable bonds is 1. The molecule has 0 amide bonds. The topological polar surface area (TPSA) is 29.3 Å². The van der Waals surface area contributed by atoms with Crippen LogP contribution in [0.3, 0.4) is 0 Å². The SMILES string of the molecule is CN1C2CCC(C2)C1CN. The Morgan fingerprint density at radius 3 is 2.70 bits per heavy atom. The van der Waals surface area contributed by atoms with Crippen LogP contribution in [0.5, 0.6) is 0 Å². The Hall–Kier alpha value is -0.0800. The number of likely N-dealkylation sites (tertiary alicyclic amines) is 1. The van der Waals surface area contributed by atoms with E-state index in [4.69, 9.17) is 5.73 Å². The zero-order valence-corrected chi connectivity index (χ0v) is 6.59. The Morgan fingerprint density at radius 2 is 2.30 bits per heavy atom. The van der Waals surface area contributed by atoms with E-state index >= 15 is 0 Å². The van der Waals surface area contributed by atoms with Crippen molar-refractivity contribution in [2.45, 2.75) is 31.3 Å². The zero-order chi connectivity index (χ0) is 7.14. The average molecular weight is 140 g/mol. The lowest BCUT2D eigenvalue weighted by Gasteiger charge is -2.30. The smallest absolute Gasteiger partial charge is 0.0247 e. The normalized spacial score (nSPS) is 46.8. The molecule has 1 saturated heterocycles. The number of hydrogen-bond acceptors (Lipinski definition) is 2. The van der Waals surface area contributed by atoms with Gasteiger partial charge in [-0.1, -0.05) is 0 Å². The first-order chi connectivity index (χ1) is 4.83. The van der Waals surface area contributed by atoms with Crippen molar-refractivity contribution in [3.63, 3.8) is 0 Å². The van der Waals surface area contributed by atoms with Crippen LogP contribution >= 0.6 is 0 Å². The first-order valence-electron chi connectivity index (χ1n) is 4.25. The predicted octanol–water partition coefficient (Wildman–Crippen LogP) is 0.428. The van der Waals surface area contributed by atoms with E-state index in [0.29, 0.717) is 6.04 Å². The van der Waals surface area contributed by atoms with Crippen molar-refractivity contribution in [1.82, 2.24) is 4.90 Å². The molecular weight excluding hydrogens is 124 g/mol. The molecule has 2 nitrogen and oxygen atoms in total. The van der Waals surface area contributed by atoms with Crippen molar-refractivity contribution in [2.24, 2.45) is 11.7 Å². The lowest BCUT2D eigenvalue weighted by Crippen LogP contribution is -2.42. The Labute approximate surface area is 62.4 Å². The lowest BCUT2D eigenvalue weighted by molar-refractivity contribution is 0.181. The molecule has 58 valence electrons. The summed E-state index contributed by atoms with van der Waals surface area (Å²) in [6.45, 7) is 0.859. The van der Waals surface area contributed by atoms with Crippen molar-refractivity contribution in [3.05, 3.63) is 0 Å². The van der Waals surface area contributed by atoms with E-state index in [1.54, 1.807) is 0 Å². The highest BCUT2D eigenvalue weighted by Gasteiger charge is 2.42. The molecule has 2 aliphatic rings. The molecule has 2 fully saturated rings. The van der Waals surface area contributed by atoms with Crippen molar-refractivity contribution in [3.8, 4) is 0 Å². The highest BCUT2D eigenvalue weighted by atomic mass is 15.2. The van der Waals surface area contributed by atoms with Crippen molar-refractivity contribution in [2.75, 3.05) is 13.6 Å². The van der Waals surface area contributed by atoms with Gasteiger partial charge in [-0.05, 0) is 32.2 Å². The van der Waals surface area contributed by atoms with E-state index in [0.717, 1.165) is 18.5 Å². The lowest BCUT2D eigenvalue weighted by atomic mass is 9.99. The van der Waals surface area contributed by atoms with Crippen LogP contribution in [0, 0.1) is 5.92 Å². The molecule has 0 spiro atoms. The van der Waals surface area contributed by atoms with Gasteiger partial charge in [0.15, 0.2) is 0 Å². The molecule has 0 aromatic rings. The van der Waals surface area contributed by atoms with Gasteiger partial charge in [0.1, 0.15) is 0 Å². The maximum absolute atomic E-state index is 5.67. The van der Waals surface area contributed by atoms with Crippen molar-refractivity contribution in [1.29, 1.82) is 0 Å². The molecule has 2 heteroatoms. The summed E-state index contributed by atoms with van der Waals surface area (Å²) in [6.07, 6.45) is 4.26. The minimum atomic E-state index is 0.707. The Morgan fingerprint density at radius 1 is 1.50 bits per heavy atom. The van der Waals surface area contributed by atoms with Crippen LogP contribution < -0.4 is 5.73 Å². The molecule has 2 N–H and O–H groups in total. The molecule has 0 aromatic carbocycles. The highest BCUT2D eigenvalue weighted by Crippen LogP contribution is 2.40. The third-order valence-electron chi connectivity index (χ3n) is 3.33. The van der Waals surface area contributed by atoms with Crippen LogP contribution in [-0.2, 0) is 0 Å². The zero-order valence-electron chi connectivity index (χ0n) is 6.59. The molecule has 3 unspecified atom stereocenters. The molecule has 0 aromatic heterocycles. The summed E-state index contributed by atoms with van der Waals surface area (Å²) in [6, 6.07) is 1.58. The van der Waals surface area contributed by atoms with Gasteiger partial charge >= 0.3 is 0 Å². The molecule has 1 aliphatic heterocycles.